The lowest BCUT2D eigenvalue weighted by atomic mass is 10.00. The Kier molecular flexibility index (Phi) is 7.28. The maximum Gasteiger partial charge on any atom is 0.309 e. The molecule has 0 radical (unpaired) electrons. The lowest BCUT2D eigenvalue weighted by molar-refractivity contribution is -0.120. The van der Waals surface area contributed by atoms with Crippen LogP contribution >= 0.6 is 0 Å². The van der Waals surface area contributed by atoms with Crippen LogP contribution in [0, 0.1) is 0 Å². The number of amidine groups is 1. The monoisotopic (exact) mass is 319 g/mol. The molecular formula is C17H25N3O3. The Morgan fingerprint density at radius 3 is 2.74 bits per heavy atom. The van der Waals surface area contributed by atoms with Gasteiger partial charge in [-0.05, 0) is 43.9 Å². The molecule has 126 valence electrons. The summed E-state index contributed by atoms with van der Waals surface area (Å²) in [5.41, 5.74) is 4.90. The molecule has 0 amide bonds. The molecule has 1 aromatic rings. The summed E-state index contributed by atoms with van der Waals surface area (Å²) in [6.45, 7) is 5.31. The number of rotatable bonds is 3. The lowest BCUT2D eigenvalue weighted by Crippen LogP contribution is -2.35. The molecule has 1 aliphatic heterocycles. The van der Waals surface area contributed by atoms with Gasteiger partial charge in [0.15, 0.2) is 11.9 Å². The molecule has 0 unspecified atom stereocenters. The standard InChI is InChI=1S/C11H13N.C6H12N2O3/c1-2-9-7-10-5-3-4-6-11(10)12-8-9;1-6(2,4-9)11-5(7-3)8-10/h3-6,8,12H,2,7H2,1H3;4,10H,1-3H3,(H,7,8). The molecule has 0 bridgehead atoms. The van der Waals surface area contributed by atoms with E-state index in [1.54, 1.807) is 19.3 Å². The third-order valence-corrected chi connectivity index (χ3v) is 3.26. The molecule has 3 N–H and O–H groups in total. The van der Waals surface area contributed by atoms with Crippen LogP contribution in [0.25, 0.3) is 0 Å². The number of hydroxylamine groups is 1. The maximum atomic E-state index is 10.3. The highest BCUT2D eigenvalue weighted by molar-refractivity contribution is 5.76. The van der Waals surface area contributed by atoms with Gasteiger partial charge in [0.1, 0.15) is 0 Å². The SMILES string of the molecule is CCC1=CNc2ccccc2C1.CN=C(NO)OC(C)(C)C=O. The van der Waals surface area contributed by atoms with Crippen LogP contribution in [0.15, 0.2) is 41.0 Å². The third-order valence-electron chi connectivity index (χ3n) is 3.26. The predicted octanol–water partition coefficient (Wildman–Crippen LogP) is 2.89. The van der Waals surface area contributed by atoms with E-state index in [0.717, 1.165) is 12.8 Å². The number of hydrogen-bond acceptors (Lipinski definition) is 5. The van der Waals surface area contributed by atoms with Crippen molar-refractivity contribution < 1.29 is 14.7 Å². The van der Waals surface area contributed by atoms with Gasteiger partial charge in [-0.25, -0.2) is 10.5 Å². The number of fused-ring (bicyclic) bond motifs is 1. The van der Waals surface area contributed by atoms with E-state index in [-0.39, 0.29) is 6.02 Å². The number of benzene rings is 1. The number of carbonyl (C=O) groups excluding carboxylic acids is 1. The molecule has 1 aliphatic rings. The summed E-state index contributed by atoms with van der Waals surface area (Å²) in [7, 11) is 1.43. The molecule has 0 atom stereocenters. The van der Waals surface area contributed by atoms with Crippen LogP contribution in [-0.4, -0.2) is 30.2 Å². The number of anilines is 1. The normalized spacial score (nSPS) is 13.6. The fraction of sp³-hybridized carbons (Fsp3) is 0.412. The van der Waals surface area contributed by atoms with Crippen molar-refractivity contribution in [2.24, 2.45) is 4.99 Å². The molecule has 23 heavy (non-hydrogen) atoms. The highest BCUT2D eigenvalue weighted by Crippen LogP contribution is 2.24. The summed E-state index contributed by atoms with van der Waals surface area (Å²) in [4.78, 5) is 13.8. The van der Waals surface area contributed by atoms with E-state index in [2.05, 4.69) is 47.7 Å². The van der Waals surface area contributed by atoms with E-state index >= 15 is 0 Å². The molecule has 1 aromatic carbocycles. The van der Waals surface area contributed by atoms with Gasteiger partial charge in [0, 0.05) is 18.9 Å². The van der Waals surface area contributed by atoms with Gasteiger partial charge < -0.3 is 10.1 Å². The summed E-state index contributed by atoms with van der Waals surface area (Å²) in [6, 6.07) is 8.39. The molecule has 0 aliphatic carbocycles. The van der Waals surface area contributed by atoms with Crippen molar-refractivity contribution in [1.29, 1.82) is 0 Å². The van der Waals surface area contributed by atoms with Crippen LogP contribution in [0.5, 0.6) is 0 Å². The van der Waals surface area contributed by atoms with Crippen LogP contribution in [-0.2, 0) is 16.0 Å². The number of carbonyl (C=O) groups is 1. The first kappa shape index (κ1) is 18.7. The van der Waals surface area contributed by atoms with Crippen molar-refractivity contribution in [2.75, 3.05) is 12.4 Å². The van der Waals surface area contributed by atoms with E-state index in [0.29, 0.717) is 6.29 Å². The lowest BCUT2D eigenvalue weighted by Gasteiger charge is -2.19. The third kappa shape index (κ3) is 6.12. The average molecular weight is 319 g/mol. The van der Waals surface area contributed by atoms with Crippen LogP contribution in [0.4, 0.5) is 5.69 Å². The molecule has 6 heteroatoms. The Balaban J connectivity index is 0.000000232. The average Bonchev–Trinajstić information content (AvgIpc) is 2.59. The fourth-order valence-corrected chi connectivity index (χ4v) is 1.91. The van der Waals surface area contributed by atoms with Gasteiger partial charge in [0.25, 0.3) is 0 Å². The summed E-state index contributed by atoms with van der Waals surface area (Å²) < 4.78 is 4.91. The molecular weight excluding hydrogens is 294 g/mol. The van der Waals surface area contributed by atoms with Gasteiger partial charge in [-0.1, -0.05) is 25.1 Å². The van der Waals surface area contributed by atoms with Gasteiger partial charge in [-0.2, -0.15) is 0 Å². The Morgan fingerprint density at radius 1 is 1.48 bits per heavy atom. The first-order chi connectivity index (χ1) is 11.0. The number of nitrogens with zero attached hydrogens (tertiary/aromatic N) is 1. The topological polar surface area (TPSA) is 83.0 Å². The first-order valence-corrected chi connectivity index (χ1v) is 7.50. The molecule has 0 fully saturated rings. The molecule has 0 saturated heterocycles. The van der Waals surface area contributed by atoms with Crippen molar-refractivity contribution in [3.8, 4) is 0 Å². The Morgan fingerprint density at radius 2 is 2.17 bits per heavy atom. The van der Waals surface area contributed by atoms with Gasteiger partial charge in [0.05, 0.1) is 0 Å². The fourth-order valence-electron chi connectivity index (χ4n) is 1.91. The van der Waals surface area contributed by atoms with Crippen molar-refractivity contribution >= 4 is 18.0 Å². The summed E-state index contributed by atoms with van der Waals surface area (Å²) in [5, 5.41) is 11.7. The second-order valence-electron chi connectivity index (χ2n) is 5.60. The van der Waals surface area contributed by atoms with Gasteiger partial charge >= 0.3 is 6.02 Å². The number of aliphatic imine (C=N–C) groups is 1. The maximum absolute atomic E-state index is 10.3. The highest BCUT2D eigenvalue weighted by Gasteiger charge is 2.19. The Hall–Kier alpha value is -2.34. The second-order valence-corrected chi connectivity index (χ2v) is 5.60. The van der Waals surface area contributed by atoms with Crippen molar-refractivity contribution in [3.63, 3.8) is 0 Å². The van der Waals surface area contributed by atoms with Gasteiger partial charge in [0.2, 0.25) is 0 Å². The van der Waals surface area contributed by atoms with Gasteiger partial charge in [-0.3, -0.25) is 10.0 Å². The number of allylic oxidation sites excluding steroid dienone is 1. The number of nitrogens with one attached hydrogen (secondary N) is 2. The molecule has 1 heterocycles. The minimum absolute atomic E-state index is 0.0814. The molecule has 6 nitrogen and oxygen atoms in total. The zero-order valence-corrected chi connectivity index (χ0v) is 14.1. The van der Waals surface area contributed by atoms with Crippen LogP contribution in [0.2, 0.25) is 0 Å². The van der Waals surface area contributed by atoms with E-state index in [9.17, 15) is 4.79 Å². The van der Waals surface area contributed by atoms with Crippen LogP contribution in [0.1, 0.15) is 32.8 Å². The smallest absolute Gasteiger partial charge is 0.309 e. The minimum atomic E-state index is -0.968. The summed E-state index contributed by atoms with van der Waals surface area (Å²) in [5.74, 6) is 0. The van der Waals surface area contributed by atoms with E-state index in [4.69, 9.17) is 9.94 Å². The van der Waals surface area contributed by atoms with E-state index < -0.39 is 5.60 Å². The molecule has 2 rings (SSSR count). The number of para-hydroxylation sites is 1. The van der Waals surface area contributed by atoms with Crippen molar-refractivity contribution in [1.82, 2.24) is 5.48 Å². The zero-order chi connectivity index (χ0) is 17.3. The predicted molar refractivity (Wildman–Crippen MR) is 91.7 cm³/mol. The molecule has 0 spiro atoms. The first-order valence-electron chi connectivity index (χ1n) is 7.50. The summed E-state index contributed by atoms with van der Waals surface area (Å²) in [6.07, 6.45) is 5.00. The van der Waals surface area contributed by atoms with Crippen LogP contribution < -0.4 is 10.8 Å². The molecule has 0 aromatic heterocycles. The largest absolute Gasteiger partial charge is 0.450 e. The van der Waals surface area contributed by atoms with Gasteiger partial charge in [-0.15, -0.1) is 0 Å². The number of hydrogen-bond donors (Lipinski definition) is 3. The van der Waals surface area contributed by atoms with Crippen molar-refractivity contribution in [2.45, 2.75) is 39.2 Å². The second kappa shape index (κ2) is 8.95. The molecule has 0 saturated carbocycles. The highest BCUT2D eigenvalue weighted by atomic mass is 16.6. The minimum Gasteiger partial charge on any atom is -0.450 e. The van der Waals surface area contributed by atoms with Crippen LogP contribution in [0.3, 0.4) is 0 Å². The Bertz CT molecular complexity index is 580. The van der Waals surface area contributed by atoms with Crippen molar-refractivity contribution in [3.05, 3.63) is 41.6 Å². The Labute approximate surface area is 137 Å². The number of aldehydes is 1. The van der Waals surface area contributed by atoms with E-state index in [1.807, 2.05) is 0 Å². The van der Waals surface area contributed by atoms with E-state index in [1.165, 1.54) is 23.9 Å². The zero-order valence-electron chi connectivity index (χ0n) is 14.1. The number of ether oxygens (including phenoxy) is 1. The quantitative estimate of drug-likeness (QED) is 0.345. The summed E-state index contributed by atoms with van der Waals surface area (Å²) >= 11 is 0.